The number of nitrogens with one attached hydrogen (secondary N) is 2. The van der Waals surface area contributed by atoms with E-state index in [0.29, 0.717) is 0 Å². The molecule has 0 saturated carbocycles. The molecule has 0 heterocycles. The van der Waals surface area contributed by atoms with Crippen molar-refractivity contribution in [1.82, 2.24) is 10.6 Å². The lowest BCUT2D eigenvalue weighted by Gasteiger charge is -1.89. The zero-order valence-electron chi connectivity index (χ0n) is 13.9. The lowest BCUT2D eigenvalue weighted by molar-refractivity contribution is 0.137. The van der Waals surface area contributed by atoms with Gasteiger partial charge in [-0.1, -0.05) is 60.7 Å². The van der Waals surface area contributed by atoms with Gasteiger partial charge in [0.15, 0.2) is 0 Å². The second kappa shape index (κ2) is 14.7. The van der Waals surface area contributed by atoms with E-state index in [1.165, 1.54) is 11.1 Å². The highest BCUT2D eigenvalue weighted by Gasteiger charge is 1.79. The van der Waals surface area contributed by atoms with Crippen LogP contribution in [0.1, 0.15) is 11.1 Å². The second-order valence-electron chi connectivity index (χ2n) is 4.35. The van der Waals surface area contributed by atoms with Gasteiger partial charge in [-0.25, -0.2) is 4.79 Å². The molecule has 0 aliphatic rings. The predicted molar refractivity (Wildman–Crippen MR) is 99.7 cm³/mol. The molecule has 0 spiro atoms. The van der Waals surface area contributed by atoms with E-state index in [1.54, 1.807) is 0 Å². The fraction of sp³-hybridized carbons (Fsp3) is 0.105. The summed E-state index contributed by atoms with van der Waals surface area (Å²) in [5.74, 6) is 0. The molecular weight excluding hydrogens is 304 g/mol. The second-order valence-corrected chi connectivity index (χ2v) is 4.35. The van der Waals surface area contributed by atoms with Crippen LogP contribution in [0.4, 0.5) is 4.79 Å². The van der Waals surface area contributed by atoms with Crippen molar-refractivity contribution < 1.29 is 15.0 Å². The molecule has 0 atom stereocenters. The van der Waals surface area contributed by atoms with Gasteiger partial charge in [-0.2, -0.15) is 0 Å². The lowest BCUT2D eigenvalue weighted by Crippen LogP contribution is -1.90. The van der Waals surface area contributed by atoms with Gasteiger partial charge in [0.1, 0.15) is 0 Å². The Bertz CT molecular complexity index is 543. The van der Waals surface area contributed by atoms with Crippen LogP contribution in [0, 0.1) is 0 Å². The van der Waals surface area contributed by atoms with E-state index in [1.807, 2.05) is 75.0 Å². The summed E-state index contributed by atoms with van der Waals surface area (Å²) in [5, 5.41) is 19.8. The van der Waals surface area contributed by atoms with E-state index >= 15 is 0 Å². The van der Waals surface area contributed by atoms with Gasteiger partial charge in [-0.05, 0) is 35.7 Å². The molecular formula is C19H24N2O3. The minimum absolute atomic E-state index is 1.22. The molecule has 0 saturated heterocycles. The third-order valence-corrected chi connectivity index (χ3v) is 2.48. The Morgan fingerprint density at radius 3 is 1.29 bits per heavy atom. The van der Waals surface area contributed by atoms with Crippen LogP contribution in [0.25, 0.3) is 12.2 Å². The molecule has 0 bridgehead atoms. The molecule has 2 rings (SSSR count). The van der Waals surface area contributed by atoms with Crippen LogP contribution in [0.3, 0.4) is 0 Å². The Balaban J connectivity index is 0.000000363. The van der Waals surface area contributed by atoms with Gasteiger partial charge in [-0.3, -0.25) is 0 Å². The molecule has 0 aliphatic carbocycles. The molecule has 0 fully saturated rings. The summed E-state index contributed by atoms with van der Waals surface area (Å²) in [6.07, 6.45) is 6.05. The van der Waals surface area contributed by atoms with Crippen molar-refractivity contribution in [2.75, 3.05) is 14.1 Å². The predicted octanol–water partition coefficient (Wildman–Crippen LogP) is 3.98. The van der Waals surface area contributed by atoms with E-state index in [2.05, 4.69) is 34.9 Å². The Labute approximate surface area is 143 Å². The summed E-state index contributed by atoms with van der Waals surface area (Å²) in [4.78, 5) is 8.56. The first-order valence-corrected chi connectivity index (χ1v) is 7.29. The largest absolute Gasteiger partial charge is 0.503 e. The van der Waals surface area contributed by atoms with Crippen molar-refractivity contribution in [3.63, 3.8) is 0 Å². The van der Waals surface area contributed by atoms with Crippen LogP contribution >= 0.6 is 0 Å². The standard InChI is InChI=1S/2C9H11N.CH2O3/c2*1-10-8-7-9-5-3-2-4-6-9;2-1(3)4/h2*2-8,10H,1H3;(H2,2,3,4). The summed E-state index contributed by atoms with van der Waals surface area (Å²) in [6, 6.07) is 20.4. The minimum Gasteiger partial charge on any atom is -0.450 e. The van der Waals surface area contributed by atoms with Gasteiger partial charge in [0.2, 0.25) is 0 Å². The van der Waals surface area contributed by atoms with Crippen molar-refractivity contribution >= 4 is 18.3 Å². The fourth-order valence-corrected chi connectivity index (χ4v) is 1.49. The number of hydrogen-bond acceptors (Lipinski definition) is 3. The smallest absolute Gasteiger partial charge is 0.450 e. The molecule has 4 N–H and O–H groups in total. The van der Waals surface area contributed by atoms with Gasteiger partial charge in [0.25, 0.3) is 0 Å². The third-order valence-electron chi connectivity index (χ3n) is 2.48. The van der Waals surface area contributed by atoms with Crippen molar-refractivity contribution in [2.24, 2.45) is 0 Å². The third kappa shape index (κ3) is 13.8. The zero-order valence-corrected chi connectivity index (χ0v) is 13.9. The SMILES string of the molecule is CNC=Cc1ccccc1.CNC=Cc1ccccc1.O=C(O)O. The van der Waals surface area contributed by atoms with Crippen LogP contribution in [0.2, 0.25) is 0 Å². The normalized spacial score (nSPS) is 9.42. The van der Waals surface area contributed by atoms with E-state index in [4.69, 9.17) is 15.0 Å². The molecule has 0 radical (unpaired) electrons. The van der Waals surface area contributed by atoms with Crippen LogP contribution < -0.4 is 10.6 Å². The molecule has 0 aromatic heterocycles. The zero-order chi connectivity index (χ0) is 18.0. The number of carbonyl (C=O) groups is 1. The van der Waals surface area contributed by atoms with Crippen molar-refractivity contribution in [3.05, 3.63) is 84.2 Å². The highest BCUT2D eigenvalue weighted by Crippen LogP contribution is 1.99. The molecule has 128 valence electrons. The monoisotopic (exact) mass is 328 g/mol. The Morgan fingerprint density at radius 2 is 1.04 bits per heavy atom. The number of hydrogen-bond donors (Lipinski definition) is 4. The maximum absolute atomic E-state index is 8.56. The van der Waals surface area contributed by atoms with Gasteiger partial charge < -0.3 is 20.8 Å². The molecule has 0 amide bonds. The van der Waals surface area contributed by atoms with Gasteiger partial charge in [0.05, 0.1) is 0 Å². The molecule has 2 aromatic carbocycles. The minimum atomic E-state index is -1.83. The number of benzene rings is 2. The first-order valence-electron chi connectivity index (χ1n) is 7.29. The van der Waals surface area contributed by atoms with Gasteiger partial charge in [0, 0.05) is 14.1 Å². The summed E-state index contributed by atoms with van der Waals surface area (Å²) in [7, 11) is 3.78. The maximum Gasteiger partial charge on any atom is 0.503 e. The summed E-state index contributed by atoms with van der Waals surface area (Å²) in [6.45, 7) is 0. The van der Waals surface area contributed by atoms with Crippen LogP contribution in [0.15, 0.2) is 73.1 Å². The Morgan fingerprint density at radius 1 is 0.750 bits per heavy atom. The lowest BCUT2D eigenvalue weighted by atomic mass is 10.2. The summed E-state index contributed by atoms with van der Waals surface area (Å²) < 4.78 is 0. The average Bonchev–Trinajstić information content (AvgIpc) is 2.60. The molecule has 0 unspecified atom stereocenters. The molecule has 24 heavy (non-hydrogen) atoms. The van der Waals surface area contributed by atoms with Crippen LogP contribution in [-0.4, -0.2) is 30.5 Å². The average molecular weight is 328 g/mol. The van der Waals surface area contributed by atoms with Crippen molar-refractivity contribution in [3.8, 4) is 0 Å². The van der Waals surface area contributed by atoms with E-state index in [9.17, 15) is 0 Å². The number of carboxylic acid groups (broad SMARTS) is 2. The molecule has 5 heteroatoms. The number of rotatable bonds is 4. The van der Waals surface area contributed by atoms with Gasteiger partial charge >= 0.3 is 6.16 Å². The summed E-state index contributed by atoms with van der Waals surface area (Å²) in [5.41, 5.74) is 2.44. The quantitative estimate of drug-likeness (QED) is 0.682. The maximum atomic E-state index is 8.56. The Hall–Kier alpha value is -3.21. The van der Waals surface area contributed by atoms with E-state index < -0.39 is 6.16 Å². The molecule has 0 aliphatic heterocycles. The first kappa shape index (κ1) is 20.8. The first-order chi connectivity index (χ1) is 11.6. The van der Waals surface area contributed by atoms with Gasteiger partial charge in [-0.15, -0.1) is 0 Å². The van der Waals surface area contributed by atoms with E-state index in [0.717, 1.165) is 0 Å². The topological polar surface area (TPSA) is 81.6 Å². The fourth-order valence-electron chi connectivity index (χ4n) is 1.49. The Kier molecular flexibility index (Phi) is 12.7. The molecule has 5 nitrogen and oxygen atoms in total. The summed E-state index contributed by atoms with van der Waals surface area (Å²) >= 11 is 0. The molecule has 2 aromatic rings. The highest BCUT2D eigenvalue weighted by atomic mass is 16.6. The van der Waals surface area contributed by atoms with Crippen molar-refractivity contribution in [1.29, 1.82) is 0 Å². The van der Waals surface area contributed by atoms with Crippen LogP contribution in [0.5, 0.6) is 0 Å². The highest BCUT2D eigenvalue weighted by molar-refractivity contribution is 5.53. The van der Waals surface area contributed by atoms with E-state index in [-0.39, 0.29) is 0 Å². The van der Waals surface area contributed by atoms with Crippen molar-refractivity contribution in [2.45, 2.75) is 0 Å². The van der Waals surface area contributed by atoms with Crippen LogP contribution in [-0.2, 0) is 0 Å².